The SMILES string of the molecule is Cc1cccc(C(=O)N2CC(C(=O)O)O[C@H](C)C2)c1I. The molecule has 20 heavy (non-hydrogen) atoms. The van der Waals surface area contributed by atoms with E-state index < -0.39 is 12.1 Å². The second-order valence-electron chi connectivity index (χ2n) is 4.92. The Morgan fingerprint density at radius 2 is 2.10 bits per heavy atom. The Balaban J connectivity index is 2.24. The number of carboxylic acids is 1. The molecule has 0 aromatic heterocycles. The molecule has 1 aromatic rings. The van der Waals surface area contributed by atoms with Crippen molar-refractivity contribution in [3.05, 3.63) is 32.9 Å². The number of carbonyl (C=O) groups excluding carboxylic acids is 1. The van der Waals surface area contributed by atoms with Crippen LogP contribution in [-0.4, -0.2) is 47.2 Å². The first-order valence-corrected chi connectivity index (χ1v) is 7.40. The van der Waals surface area contributed by atoms with Crippen molar-refractivity contribution in [1.29, 1.82) is 0 Å². The smallest absolute Gasteiger partial charge is 0.334 e. The Bertz CT molecular complexity index is 546. The highest BCUT2D eigenvalue weighted by Crippen LogP contribution is 2.21. The summed E-state index contributed by atoms with van der Waals surface area (Å²) < 4.78 is 6.23. The van der Waals surface area contributed by atoms with E-state index in [1.54, 1.807) is 17.9 Å². The quantitative estimate of drug-likeness (QED) is 0.785. The van der Waals surface area contributed by atoms with Crippen LogP contribution in [0.25, 0.3) is 0 Å². The topological polar surface area (TPSA) is 66.8 Å². The summed E-state index contributed by atoms with van der Waals surface area (Å²) in [5, 5.41) is 9.06. The van der Waals surface area contributed by atoms with E-state index in [9.17, 15) is 9.59 Å². The molecule has 1 aliphatic rings. The highest BCUT2D eigenvalue weighted by Gasteiger charge is 2.33. The fraction of sp³-hybridized carbons (Fsp3) is 0.429. The maximum atomic E-state index is 12.6. The standard InChI is InChI=1S/C14H16INO4/c1-8-4-3-5-10(12(8)15)13(17)16-6-9(2)20-11(7-16)14(18)19/h3-5,9,11H,6-7H2,1-2H3,(H,18,19)/t9-,11?/m1/s1. The molecule has 1 N–H and O–H groups in total. The van der Waals surface area contributed by atoms with Crippen LogP contribution in [0.15, 0.2) is 18.2 Å². The summed E-state index contributed by atoms with van der Waals surface area (Å²) >= 11 is 2.15. The minimum Gasteiger partial charge on any atom is -0.479 e. The van der Waals surface area contributed by atoms with Crippen LogP contribution >= 0.6 is 22.6 Å². The van der Waals surface area contributed by atoms with Crippen LogP contribution in [0.1, 0.15) is 22.8 Å². The van der Waals surface area contributed by atoms with E-state index >= 15 is 0 Å². The fourth-order valence-corrected chi connectivity index (χ4v) is 2.83. The van der Waals surface area contributed by atoms with Gasteiger partial charge in [0.1, 0.15) is 0 Å². The van der Waals surface area contributed by atoms with Crippen molar-refractivity contribution in [2.75, 3.05) is 13.1 Å². The van der Waals surface area contributed by atoms with Gasteiger partial charge < -0.3 is 14.7 Å². The number of carboxylic acid groups (broad SMARTS) is 1. The molecule has 0 bridgehead atoms. The third kappa shape index (κ3) is 3.12. The van der Waals surface area contributed by atoms with Gasteiger partial charge in [0.25, 0.3) is 5.91 Å². The van der Waals surface area contributed by atoms with Crippen LogP contribution in [-0.2, 0) is 9.53 Å². The van der Waals surface area contributed by atoms with Crippen molar-refractivity contribution in [2.24, 2.45) is 0 Å². The molecular weight excluding hydrogens is 373 g/mol. The minimum absolute atomic E-state index is 0.0858. The maximum absolute atomic E-state index is 12.6. The van der Waals surface area contributed by atoms with E-state index in [0.717, 1.165) is 9.13 Å². The average molecular weight is 389 g/mol. The molecule has 2 rings (SSSR count). The Morgan fingerprint density at radius 3 is 2.75 bits per heavy atom. The molecule has 1 saturated heterocycles. The van der Waals surface area contributed by atoms with Gasteiger partial charge in [-0.2, -0.15) is 0 Å². The third-order valence-corrected chi connectivity index (χ3v) is 4.68. The van der Waals surface area contributed by atoms with Crippen LogP contribution in [0.5, 0.6) is 0 Å². The predicted molar refractivity (Wildman–Crippen MR) is 81.8 cm³/mol. The van der Waals surface area contributed by atoms with Crippen molar-refractivity contribution < 1.29 is 19.4 Å². The highest BCUT2D eigenvalue weighted by atomic mass is 127. The lowest BCUT2D eigenvalue weighted by molar-refractivity contribution is -0.160. The van der Waals surface area contributed by atoms with Gasteiger partial charge in [-0.1, -0.05) is 12.1 Å². The van der Waals surface area contributed by atoms with Crippen LogP contribution in [0.2, 0.25) is 0 Å². The summed E-state index contributed by atoms with van der Waals surface area (Å²) in [6.45, 7) is 4.21. The van der Waals surface area contributed by atoms with E-state index in [1.807, 2.05) is 19.1 Å². The first kappa shape index (κ1) is 15.2. The molecule has 1 aromatic carbocycles. The van der Waals surface area contributed by atoms with Gasteiger partial charge in [0, 0.05) is 10.1 Å². The molecular formula is C14H16INO4. The van der Waals surface area contributed by atoms with E-state index in [2.05, 4.69) is 22.6 Å². The minimum atomic E-state index is -1.03. The number of benzene rings is 1. The average Bonchev–Trinajstić information content (AvgIpc) is 2.40. The van der Waals surface area contributed by atoms with E-state index in [-0.39, 0.29) is 18.6 Å². The number of hydrogen-bond donors (Lipinski definition) is 1. The summed E-state index contributed by atoms with van der Waals surface area (Å²) in [4.78, 5) is 25.2. The molecule has 0 radical (unpaired) electrons. The first-order chi connectivity index (χ1) is 9.40. The molecule has 0 spiro atoms. The number of aryl methyl sites for hydroxylation is 1. The number of hydrogen-bond acceptors (Lipinski definition) is 3. The molecule has 2 atom stereocenters. The van der Waals surface area contributed by atoms with Gasteiger partial charge in [-0.15, -0.1) is 0 Å². The Hall–Kier alpha value is -1.15. The third-order valence-electron chi connectivity index (χ3n) is 3.25. The van der Waals surface area contributed by atoms with E-state index in [4.69, 9.17) is 9.84 Å². The Kier molecular flexibility index (Phi) is 4.64. The van der Waals surface area contributed by atoms with Gasteiger partial charge in [0.15, 0.2) is 6.10 Å². The van der Waals surface area contributed by atoms with Crippen LogP contribution in [0, 0.1) is 10.5 Å². The molecule has 1 fully saturated rings. The summed E-state index contributed by atoms with van der Waals surface area (Å²) in [7, 11) is 0. The van der Waals surface area contributed by atoms with Crippen molar-refractivity contribution in [2.45, 2.75) is 26.1 Å². The monoisotopic (exact) mass is 389 g/mol. The number of rotatable bonds is 2. The van der Waals surface area contributed by atoms with Crippen LogP contribution < -0.4 is 0 Å². The zero-order valence-electron chi connectivity index (χ0n) is 11.3. The Labute approximate surface area is 131 Å². The lowest BCUT2D eigenvalue weighted by Gasteiger charge is -2.35. The number of nitrogens with zero attached hydrogens (tertiary/aromatic N) is 1. The van der Waals surface area contributed by atoms with E-state index in [0.29, 0.717) is 12.1 Å². The van der Waals surface area contributed by atoms with Gasteiger partial charge >= 0.3 is 5.97 Å². The zero-order chi connectivity index (χ0) is 14.9. The largest absolute Gasteiger partial charge is 0.479 e. The number of amides is 1. The summed E-state index contributed by atoms with van der Waals surface area (Å²) in [6.07, 6.45) is -1.23. The second-order valence-corrected chi connectivity index (χ2v) is 6.00. The van der Waals surface area contributed by atoms with Gasteiger partial charge in [0.2, 0.25) is 0 Å². The summed E-state index contributed by atoms with van der Waals surface area (Å²) in [6, 6.07) is 5.55. The molecule has 108 valence electrons. The van der Waals surface area contributed by atoms with Crippen molar-refractivity contribution >= 4 is 34.5 Å². The molecule has 5 nitrogen and oxygen atoms in total. The van der Waals surface area contributed by atoms with Crippen molar-refractivity contribution in [3.8, 4) is 0 Å². The molecule has 0 aliphatic carbocycles. The lowest BCUT2D eigenvalue weighted by Crippen LogP contribution is -2.51. The Morgan fingerprint density at radius 1 is 1.40 bits per heavy atom. The summed E-state index contributed by atoms with van der Waals surface area (Å²) in [5.41, 5.74) is 1.65. The van der Waals surface area contributed by atoms with Crippen LogP contribution in [0.4, 0.5) is 0 Å². The molecule has 0 saturated carbocycles. The fourth-order valence-electron chi connectivity index (χ4n) is 2.24. The number of carbonyl (C=O) groups is 2. The first-order valence-electron chi connectivity index (χ1n) is 6.32. The summed E-state index contributed by atoms with van der Waals surface area (Å²) in [5.74, 6) is -1.17. The van der Waals surface area contributed by atoms with Gasteiger partial charge in [-0.25, -0.2) is 4.79 Å². The van der Waals surface area contributed by atoms with Gasteiger partial charge in [-0.3, -0.25) is 4.79 Å². The number of ether oxygens (including phenoxy) is 1. The molecule has 1 aliphatic heterocycles. The van der Waals surface area contributed by atoms with E-state index in [1.165, 1.54) is 0 Å². The predicted octanol–water partition coefficient (Wildman–Crippen LogP) is 1.91. The second kappa shape index (κ2) is 6.09. The number of morpholine rings is 1. The normalized spacial score (nSPS) is 22.6. The number of halogens is 1. The van der Waals surface area contributed by atoms with Crippen LogP contribution in [0.3, 0.4) is 0 Å². The molecule has 6 heteroatoms. The molecule has 1 unspecified atom stereocenters. The lowest BCUT2D eigenvalue weighted by atomic mass is 10.1. The number of aliphatic carboxylic acids is 1. The maximum Gasteiger partial charge on any atom is 0.334 e. The van der Waals surface area contributed by atoms with Gasteiger partial charge in [0.05, 0.1) is 18.2 Å². The zero-order valence-corrected chi connectivity index (χ0v) is 13.5. The highest BCUT2D eigenvalue weighted by molar-refractivity contribution is 14.1. The van der Waals surface area contributed by atoms with Crippen molar-refractivity contribution in [1.82, 2.24) is 4.90 Å². The molecule has 1 amide bonds. The van der Waals surface area contributed by atoms with Crippen molar-refractivity contribution in [3.63, 3.8) is 0 Å². The van der Waals surface area contributed by atoms with Gasteiger partial charge in [-0.05, 0) is 48.1 Å². The molecule has 1 heterocycles.